The van der Waals surface area contributed by atoms with E-state index in [1.54, 1.807) is 6.92 Å². The zero-order valence-electron chi connectivity index (χ0n) is 10.0. The number of nitrogens with two attached hydrogens (primary N) is 1. The highest BCUT2D eigenvalue weighted by Crippen LogP contribution is 1.98. The molecule has 0 fully saturated rings. The molecule has 0 saturated heterocycles. The zero-order chi connectivity index (χ0) is 12.0. The van der Waals surface area contributed by atoms with Gasteiger partial charge in [-0.15, -0.1) is 0 Å². The predicted molar refractivity (Wildman–Crippen MR) is 61.8 cm³/mol. The van der Waals surface area contributed by atoms with E-state index in [4.69, 9.17) is 10.3 Å². The summed E-state index contributed by atoms with van der Waals surface area (Å²) in [5.74, 6) is 2.15. The topological polar surface area (TPSA) is 89.3 Å². The van der Waals surface area contributed by atoms with Crippen LogP contribution in [0.4, 0.5) is 0 Å². The van der Waals surface area contributed by atoms with E-state index in [0.717, 1.165) is 13.0 Å². The van der Waals surface area contributed by atoms with Crippen molar-refractivity contribution < 1.29 is 4.52 Å². The quantitative estimate of drug-likeness (QED) is 0.572. The average molecular weight is 225 g/mol. The first-order chi connectivity index (χ1) is 7.58. The maximum absolute atomic E-state index is 5.66. The molecule has 0 saturated carbocycles. The van der Waals surface area contributed by atoms with Gasteiger partial charge in [0.1, 0.15) is 6.54 Å². The molecule has 0 unspecified atom stereocenters. The molecule has 0 aromatic carbocycles. The van der Waals surface area contributed by atoms with Gasteiger partial charge in [-0.25, -0.2) is 4.99 Å². The van der Waals surface area contributed by atoms with Gasteiger partial charge < -0.3 is 15.6 Å². The Balaban J connectivity index is 2.28. The molecule has 0 aliphatic rings. The number of rotatable bonds is 5. The second kappa shape index (κ2) is 6.09. The van der Waals surface area contributed by atoms with Gasteiger partial charge in [0.2, 0.25) is 5.89 Å². The Morgan fingerprint density at radius 1 is 1.56 bits per heavy atom. The first kappa shape index (κ1) is 12.5. The number of nitrogens with zero attached hydrogens (tertiary/aromatic N) is 3. The summed E-state index contributed by atoms with van der Waals surface area (Å²) in [7, 11) is 0. The van der Waals surface area contributed by atoms with Gasteiger partial charge in [-0.2, -0.15) is 4.98 Å². The number of nitrogens with one attached hydrogen (secondary N) is 1. The summed E-state index contributed by atoms with van der Waals surface area (Å²) < 4.78 is 4.91. The van der Waals surface area contributed by atoms with Crippen molar-refractivity contribution in [2.75, 3.05) is 6.54 Å². The number of aliphatic imine (C=N–C) groups is 1. The van der Waals surface area contributed by atoms with Crippen molar-refractivity contribution >= 4 is 5.96 Å². The van der Waals surface area contributed by atoms with Crippen molar-refractivity contribution in [3.05, 3.63) is 11.7 Å². The minimum absolute atomic E-state index is 0.321. The second-order valence-electron chi connectivity index (χ2n) is 4.05. The number of hydrogen-bond donors (Lipinski definition) is 2. The number of aryl methyl sites for hydroxylation is 1. The van der Waals surface area contributed by atoms with Crippen molar-refractivity contribution in [3.63, 3.8) is 0 Å². The third-order valence-electron chi connectivity index (χ3n) is 1.98. The molecule has 0 spiro atoms. The van der Waals surface area contributed by atoms with E-state index in [1.807, 2.05) is 0 Å². The van der Waals surface area contributed by atoms with Crippen LogP contribution in [0.25, 0.3) is 0 Å². The lowest BCUT2D eigenvalue weighted by Gasteiger charge is -2.06. The van der Waals surface area contributed by atoms with Crippen LogP contribution in [-0.2, 0) is 6.54 Å². The van der Waals surface area contributed by atoms with Crippen LogP contribution in [0.1, 0.15) is 32.0 Å². The molecule has 0 aliphatic heterocycles. The van der Waals surface area contributed by atoms with Gasteiger partial charge in [0.15, 0.2) is 11.8 Å². The minimum atomic E-state index is 0.321. The van der Waals surface area contributed by atoms with Crippen molar-refractivity contribution in [1.82, 2.24) is 15.5 Å². The third-order valence-corrected chi connectivity index (χ3v) is 1.98. The fraction of sp³-hybridized carbons (Fsp3) is 0.700. The van der Waals surface area contributed by atoms with Crippen LogP contribution in [0.15, 0.2) is 9.52 Å². The lowest BCUT2D eigenvalue weighted by Crippen LogP contribution is -2.32. The van der Waals surface area contributed by atoms with Gasteiger partial charge in [-0.3, -0.25) is 0 Å². The van der Waals surface area contributed by atoms with E-state index in [-0.39, 0.29) is 0 Å². The van der Waals surface area contributed by atoms with Gasteiger partial charge in [-0.05, 0) is 19.3 Å². The van der Waals surface area contributed by atoms with Crippen LogP contribution < -0.4 is 11.1 Å². The molecule has 1 rings (SSSR count). The van der Waals surface area contributed by atoms with Crippen LogP contribution >= 0.6 is 0 Å². The van der Waals surface area contributed by atoms with E-state index >= 15 is 0 Å². The predicted octanol–water partition coefficient (Wildman–Crippen LogP) is 0.828. The maximum atomic E-state index is 5.66. The maximum Gasteiger partial charge on any atom is 0.248 e. The number of guanidine groups is 1. The molecule has 6 nitrogen and oxygen atoms in total. The average Bonchev–Trinajstić information content (AvgIpc) is 2.61. The van der Waals surface area contributed by atoms with Crippen LogP contribution in [-0.4, -0.2) is 22.6 Å². The number of hydrogen-bond acceptors (Lipinski definition) is 4. The van der Waals surface area contributed by atoms with E-state index in [0.29, 0.717) is 30.1 Å². The molecule has 16 heavy (non-hydrogen) atoms. The molecule has 1 aromatic heterocycles. The van der Waals surface area contributed by atoms with Crippen molar-refractivity contribution in [1.29, 1.82) is 0 Å². The lowest BCUT2D eigenvalue weighted by molar-refractivity contribution is 0.376. The van der Waals surface area contributed by atoms with Gasteiger partial charge in [-0.1, -0.05) is 19.0 Å². The summed E-state index contributed by atoms with van der Waals surface area (Å²) in [6, 6.07) is 0. The standard InChI is InChI=1S/C10H19N5O/c1-7(2)4-5-12-10(11)13-6-9-14-8(3)15-16-9/h7H,4-6H2,1-3H3,(H3,11,12,13). The fourth-order valence-corrected chi connectivity index (χ4v) is 1.10. The molecular formula is C10H19N5O. The molecule has 0 bridgehead atoms. The zero-order valence-corrected chi connectivity index (χ0v) is 10.0. The van der Waals surface area contributed by atoms with Gasteiger partial charge >= 0.3 is 0 Å². The highest BCUT2D eigenvalue weighted by Gasteiger charge is 2.01. The monoisotopic (exact) mass is 225 g/mol. The Labute approximate surface area is 95.3 Å². The van der Waals surface area contributed by atoms with Crippen LogP contribution in [0.2, 0.25) is 0 Å². The molecular weight excluding hydrogens is 206 g/mol. The summed E-state index contributed by atoms with van der Waals surface area (Å²) in [6.07, 6.45) is 1.07. The SMILES string of the molecule is Cc1noc(CN=C(N)NCCC(C)C)n1. The van der Waals surface area contributed by atoms with Crippen LogP contribution in [0.3, 0.4) is 0 Å². The van der Waals surface area contributed by atoms with Gasteiger partial charge in [0.25, 0.3) is 0 Å². The summed E-state index contributed by atoms with van der Waals surface area (Å²) in [5, 5.41) is 6.69. The van der Waals surface area contributed by atoms with Crippen molar-refractivity contribution in [2.45, 2.75) is 33.7 Å². The van der Waals surface area contributed by atoms with E-state index in [1.165, 1.54) is 0 Å². The van der Waals surface area contributed by atoms with Crippen LogP contribution in [0.5, 0.6) is 0 Å². The second-order valence-corrected chi connectivity index (χ2v) is 4.05. The molecule has 0 atom stereocenters. The van der Waals surface area contributed by atoms with Crippen LogP contribution in [0, 0.1) is 12.8 Å². The fourth-order valence-electron chi connectivity index (χ4n) is 1.10. The highest BCUT2D eigenvalue weighted by molar-refractivity contribution is 5.77. The van der Waals surface area contributed by atoms with Gasteiger partial charge in [0.05, 0.1) is 0 Å². The molecule has 1 heterocycles. The smallest absolute Gasteiger partial charge is 0.248 e. The lowest BCUT2D eigenvalue weighted by atomic mass is 10.1. The summed E-state index contributed by atoms with van der Waals surface area (Å²) in [4.78, 5) is 8.11. The molecule has 0 amide bonds. The Morgan fingerprint density at radius 2 is 2.31 bits per heavy atom. The summed E-state index contributed by atoms with van der Waals surface area (Å²) >= 11 is 0. The molecule has 6 heteroatoms. The van der Waals surface area contributed by atoms with Gasteiger partial charge in [0, 0.05) is 6.54 Å². The van der Waals surface area contributed by atoms with E-state index < -0.39 is 0 Å². The Morgan fingerprint density at radius 3 is 2.88 bits per heavy atom. The molecule has 0 radical (unpaired) electrons. The Bertz CT molecular complexity index is 345. The molecule has 3 N–H and O–H groups in total. The van der Waals surface area contributed by atoms with Crippen molar-refractivity contribution in [2.24, 2.45) is 16.6 Å². The summed E-state index contributed by atoms with van der Waals surface area (Å²) in [5.41, 5.74) is 5.66. The summed E-state index contributed by atoms with van der Waals surface area (Å²) in [6.45, 7) is 7.24. The Kier molecular flexibility index (Phi) is 4.75. The van der Waals surface area contributed by atoms with Crippen molar-refractivity contribution in [3.8, 4) is 0 Å². The van der Waals surface area contributed by atoms with E-state index in [2.05, 4.69) is 34.3 Å². The molecule has 0 aliphatic carbocycles. The van der Waals surface area contributed by atoms with E-state index in [9.17, 15) is 0 Å². The first-order valence-electron chi connectivity index (χ1n) is 5.41. The third kappa shape index (κ3) is 4.77. The molecule has 90 valence electrons. The number of aromatic nitrogens is 2. The normalized spacial score (nSPS) is 12.1. The first-order valence-corrected chi connectivity index (χ1v) is 5.41. The Hall–Kier alpha value is -1.59. The largest absolute Gasteiger partial charge is 0.370 e. The highest BCUT2D eigenvalue weighted by atomic mass is 16.5. The molecule has 1 aromatic rings. The minimum Gasteiger partial charge on any atom is -0.370 e.